The third kappa shape index (κ3) is 7.00. The van der Waals surface area contributed by atoms with Crippen LogP contribution in [0.1, 0.15) is 22.3 Å². The number of esters is 1. The lowest BCUT2D eigenvalue weighted by Gasteiger charge is -2.36. The molecule has 0 radical (unpaired) electrons. The number of rotatable bonds is 7. The molecule has 33 heavy (non-hydrogen) atoms. The number of carbonyl (C=O) groups is 3. The summed E-state index contributed by atoms with van der Waals surface area (Å²) >= 11 is 8.79. The number of benzene rings is 2. The van der Waals surface area contributed by atoms with E-state index in [9.17, 15) is 14.4 Å². The number of para-hydroxylation sites is 1. The lowest BCUT2D eigenvalue weighted by atomic mass is 10.1. The highest BCUT2D eigenvalue weighted by Gasteiger charge is 2.34. The van der Waals surface area contributed by atoms with Gasteiger partial charge in [0, 0.05) is 23.1 Å². The maximum Gasteiger partial charge on any atom is 0.308 e. The minimum absolute atomic E-state index is 0.0472. The molecule has 1 fully saturated rings. The summed E-state index contributed by atoms with van der Waals surface area (Å²) in [6, 6.07) is 13.5. The number of aryl methyl sites for hydroxylation is 1. The molecule has 1 saturated heterocycles. The molecule has 2 aromatic rings. The Morgan fingerprint density at radius 2 is 1.97 bits per heavy atom. The summed E-state index contributed by atoms with van der Waals surface area (Å²) in [5.74, 6) is -0.636. The van der Waals surface area contributed by atoms with E-state index in [2.05, 4.69) is 26.6 Å². The summed E-state index contributed by atoms with van der Waals surface area (Å²) in [5.41, 5.74) is 1.42. The molecule has 0 aliphatic carbocycles. The van der Waals surface area contributed by atoms with Gasteiger partial charge in [-0.15, -0.1) is 0 Å². The molecule has 2 N–H and O–H groups in total. The van der Waals surface area contributed by atoms with Crippen LogP contribution in [0.15, 0.2) is 53.0 Å². The average molecular weight is 534 g/mol. The average Bonchev–Trinajstić information content (AvgIpc) is 2.80. The molecule has 10 heteroatoms. The molecule has 1 aliphatic heterocycles. The fourth-order valence-corrected chi connectivity index (χ4v) is 3.87. The molecule has 0 spiro atoms. The number of carbonyl (C=O) groups excluding carboxylic acids is 3. The zero-order valence-corrected chi connectivity index (χ0v) is 20.4. The number of amides is 2. The first-order valence-corrected chi connectivity index (χ1v) is 11.5. The van der Waals surface area contributed by atoms with E-state index in [0.717, 1.165) is 10.0 Å². The molecule has 1 heterocycles. The first kappa shape index (κ1) is 24.7. The van der Waals surface area contributed by atoms with Gasteiger partial charge in [-0.05, 0) is 49.0 Å². The van der Waals surface area contributed by atoms with Crippen LogP contribution in [-0.4, -0.2) is 60.1 Å². The van der Waals surface area contributed by atoms with Crippen molar-refractivity contribution in [3.63, 3.8) is 0 Å². The molecule has 1 atom stereocenters. The molecular formula is C23H24BrN3O5S. The fourth-order valence-electron chi connectivity index (χ4n) is 3.18. The molecule has 174 valence electrons. The van der Waals surface area contributed by atoms with E-state index in [1.165, 1.54) is 4.90 Å². The first-order valence-electron chi connectivity index (χ1n) is 10.3. The third-order valence-corrected chi connectivity index (χ3v) is 6.16. The Bertz CT molecular complexity index is 1030. The van der Waals surface area contributed by atoms with Gasteiger partial charge in [0.2, 0.25) is 5.91 Å². The zero-order chi connectivity index (χ0) is 23.8. The fraction of sp³-hybridized carbons (Fsp3) is 0.304. The van der Waals surface area contributed by atoms with Crippen LogP contribution in [-0.2, 0) is 14.3 Å². The Balaban J connectivity index is 1.53. The summed E-state index contributed by atoms with van der Waals surface area (Å²) in [6.07, 6.45) is -0.205. The van der Waals surface area contributed by atoms with Crippen molar-refractivity contribution in [3.8, 4) is 5.75 Å². The summed E-state index contributed by atoms with van der Waals surface area (Å²) in [6.45, 7) is 2.86. The molecule has 0 aromatic heterocycles. The number of piperazine rings is 1. The van der Waals surface area contributed by atoms with Crippen LogP contribution in [0.25, 0.3) is 0 Å². The third-order valence-electron chi connectivity index (χ3n) is 4.96. The maximum atomic E-state index is 12.6. The van der Waals surface area contributed by atoms with E-state index < -0.39 is 17.9 Å². The lowest BCUT2D eigenvalue weighted by molar-refractivity contribution is -0.148. The molecule has 0 saturated carbocycles. The van der Waals surface area contributed by atoms with Crippen molar-refractivity contribution in [2.75, 3.05) is 26.3 Å². The Labute approximate surface area is 205 Å². The number of hydrogen-bond donors (Lipinski definition) is 2. The van der Waals surface area contributed by atoms with Crippen LogP contribution in [0.3, 0.4) is 0 Å². The van der Waals surface area contributed by atoms with E-state index in [1.54, 1.807) is 24.3 Å². The smallest absolute Gasteiger partial charge is 0.308 e. The highest BCUT2D eigenvalue weighted by molar-refractivity contribution is 9.10. The molecule has 1 unspecified atom stereocenters. The Kier molecular flexibility index (Phi) is 8.79. The van der Waals surface area contributed by atoms with Crippen LogP contribution in [0.5, 0.6) is 5.75 Å². The van der Waals surface area contributed by atoms with Gasteiger partial charge in [-0.1, -0.05) is 40.2 Å². The number of nitrogens with one attached hydrogen (secondary N) is 2. The Morgan fingerprint density at radius 1 is 1.21 bits per heavy atom. The van der Waals surface area contributed by atoms with E-state index in [-0.39, 0.29) is 30.7 Å². The zero-order valence-electron chi connectivity index (χ0n) is 18.0. The van der Waals surface area contributed by atoms with Gasteiger partial charge in [0.1, 0.15) is 25.0 Å². The summed E-state index contributed by atoms with van der Waals surface area (Å²) < 4.78 is 11.5. The van der Waals surface area contributed by atoms with Crippen molar-refractivity contribution in [1.29, 1.82) is 0 Å². The van der Waals surface area contributed by atoms with Gasteiger partial charge in [0.15, 0.2) is 5.11 Å². The number of nitrogens with zero attached hydrogens (tertiary/aromatic N) is 1. The highest BCUT2D eigenvalue weighted by Crippen LogP contribution is 2.18. The minimum Gasteiger partial charge on any atom is -0.490 e. The Hall–Kier alpha value is -2.98. The normalized spacial score (nSPS) is 15.4. The molecule has 2 amide bonds. The second-order valence-electron chi connectivity index (χ2n) is 7.31. The van der Waals surface area contributed by atoms with Crippen LogP contribution >= 0.6 is 28.1 Å². The quantitative estimate of drug-likeness (QED) is 0.320. The highest BCUT2D eigenvalue weighted by atomic mass is 79.9. The predicted octanol–water partition coefficient (Wildman–Crippen LogP) is 2.58. The van der Waals surface area contributed by atoms with Crippen molar-refractivity contribution < 1.29 is 23.9 Å². The summed E-state index contributed by atoms with van der Waals surface area (Å²) in [5, 5.41) is 5.45. The van der Waals surface area contributed by atoms with Crippen LogP contribution in [0, 0.1) is 6.92 Å². The second kappa shape index (κ2) is 11.8. The van der Waals surface area contributed by atoms with Gasteiger partial charge in [0.05, 0.1) is 6.42 Å². The van der Waals surface area contributed by atoms with Crippen molar-refractivity contribution >= 4 is 51.0 Å². The largest absolute Gasteiger partial charge is 0.490 e. The Morgan fingerprint density at radius 3 is 2.70 bits per heavy atom. The van der Waals surface area contributed by atoms with Crippen molar-refractivity contribution in [2.45, 2.75) is 19.4 Å². The molecule has 1 aliphatic rings. The standard InChI is InChI=1S/C23H24BrN3O5S/c1-15-7-8-16(13-18(15)24)21(29)26-23(33)27-10-9-25-22(30)19(27)14-20(28)32-12-11-31-17-5-3-2-4-6-17/h2-8,13,19H,9-12,14H2,1H3,(H,25,30)(H,26,29,33). The molecule has 3 rings (SSSR count). The van der Waals surface area contributed by atoms with Crippen LogP contribution in [0.4, 0.5) is 0 Å². The van der Waals surface area contributed by atoms with Crippen LogP contribution in [0.2, 0.25) is 0 Å². The van der Waals surface area contributed by atoms with E-state index in [4.69, 9.17) is 21.7 Å². The van der Waals surface area contributed by atoms with Crippen LogP contribution < -0.4 is 15.4 Å². The first-order chi connectivity index (χ1) is 15.8. The number of halogens is 1. The summed E-state index contributed by atoms with van der Waals surface area (Å²) in [4.78, 5) is 38.9. The topological polar surface area (TPSA) is 97.0 Å². The number of thiocarbonyl (C=S) groups is 1. The maximum absolute atomic E-state index is 12.6. The molecule has 0 bridgehead atoms. The van der Waals surface area contributed by atoms with Crippen molar-refractivity contribution in [1.82, 2.24) is 15.5 Å². The minimum atomic E-state index is -0.876. The van der Waals surface area contributed by atoms with Crippen molar-refractivity contribution in [2.24, 2.45) is 0 Å². The number of hydrogen-bond acceptors (Lipinski definition) is 6. The van der Waals surface area contributed by atoms with Gasteiger partial charge in [0.25, 0.3) is 5.91 Å². The van der Waals surface area contributed by atoms with Gasteiger partial charge in [-0.3, -0.25) is 19.7 Å². The van der Waals surface area contributed by atoms with Crippen molar-refractivity contribution in [3.05, 3.63) is 64.1 Å². The van der Waals surface area contributed by atoms with Gasteiger partial charge in [-0.2, -0.15) is 0 Å². The molecule has 8 nitrogen and oxygen atoms in total. The SMILES string of the molecule is Cc1ccc(C(=O)NC(=S)N2CCNC(=O)C2CC(=O)OCCOc2ccccc2)cc1Br. The summed E-state index contributed by atoms with van der Waals surface area (Å²) in [7, 11) is 0. The van der Waals surface area contributed by atoms with Gasteiger partial charge >= 0.3 is 5.97 Å². The van der Waals surface area contributed by atoms with Gasteiger partial charge < -0.3 is 19.7 Å². The lowest BCUT2D eigenvalue weighted by Crippen LogP contribution is -2.60. The van der Waals surface area contributed by atoms with Gasteiger partial charge in [-0.25, -0.2) is 0 Å². The number of ether oxygens (including phenoxy) is 2. The monoisotopic (exact) mass is 533 g/mol. The molecule has 2 aromatic carbocycles. The van der Waals surface area contributed by atoms with E-state index in [1.807, 2.05) is 31.2 Å². The van der Waals surface area contributed by atoms with E-state index >= 15 is 0 Å². The molecular weight excluding hydrogens is 510 g/mol. The second-order valence-corrected chi connectivity index (χ2v) is 8.55. The predicted molar refractivity (Wildman–Crippen MR) is 130 cm³/mol. The van der Waals surface area contributed by atoms with E-state index in [0.29, 0.717) is 24.4 Å².